The molecule has 2 rings (SSSR count). The zero-order valence-electron chi connectivity index (χ0n) is 9.40. The van der Waals surface area contributed by atoms with E-state index in [4.69, 9.17) is 23.2 Å². The van der Waals surface area contributed by atoms with Crippen molar-refractivity contribution in [1.82, 2.24) is 0 Å². The molecule has 1 aliphatic carbocycles. The Bertz CT molecular complexity index is 546. The van der Waals surface area contributed by atoms with Gasteiger partial charge in [-0.05, 0) is 35.2 Å². The van der Waals surface area contributed by atoms with Gasteiger partial charge >= 0.3 is 0 Å². The minimum absolute atomic E-state index is 0.292. The standard InChI is InChI=1S/C14H10Cl2O2/c15-12(17)10-5-4-8-14(9-10,13(16)18)11-6-2-1-3-7-11/h1-7,9H,8H2. The van der Waals surface area contributed by atoms with Crippen LogP contribution in [0.15, 0.2) is 54.1 Å². The van der Waals surface area contributed by atoms with Gasteiger partial charge < -0.3 is 0 Å². The number of carbonyl (C=O) groups excluding carboxylic acids is 2. The van der Waals surface area contributed by atoms with E-state index < -0.39 is 15.9 Å². The molecule has 1 unspecified atom stereocenters. The van der Waals surface area contributed by atoms with E-state index in [1.54, 1.807) is 18.2 Å². The van der Waals surface area contributed by atoms with Crippen LogP contribution in [-0.4, -0.2) is 10.5 Å². The Morgan fingerprint density at radius 1 is 1.11 bits per heavy atom. The van der Waals surface area contributed by atoms with Crippen molar-refractivity contribution >= 4 is 33.7 Å². The molecule has 0 heterocycles. The molecule has 1 aliphatic rings. The van der Waals surface area contributed by atoms with Gasteiger partial charge in [-0.1, -0.05) is 48.6 Å². The van der Waals surface area contributed by atoms with Crippen molar-refractivity contribution in [2.75, 3.05) is 0 Å². The first-order valence-corrected chi connectivity index (χ1v) is 6.16. The van der Waals surface area contributed by atoms with E-state index in [1.807, 2.05) is 30.3 Å². The van der Waals surface area contributed by atoms with Crippen LogP contribution in [0.3, 0.4) is 0 Å². The first-order valence-electron chi connectivity index (χ1n) is 5.41. The lowest BCUT2D eigenvalue weighted by atomic mass is 9.75. The highest BCUT2D eigenvalue weighted by Gasteiger charge is 2.38. The molecule has 0 spiro atoms. The first-order chi connectivity index (χ1) is 8.56. The summed E-state index contributed by atoms with van der Waals surface area (Å²) in [5.41, 5.74) is 0.0443. The maximum Gasteiger partial charge on any atom is 0.252 e. The summed E-state index contributed by atoms with van der Waals surface area (Å²) >= 11 is 11.2. The van der Waals surface area contributed by atoms with Gasteiger partial charge in [-0.2, -0.15) is 0 Å². The summed E-state index contributed by atoms with van der Waals surface area (Å²) in [6.45, 7) is 0. The van der Waals surface area contributed by atoms with Crippen molar-refractivity contribution in [2.45, 2.75) is 11.8 Å². The highest BCUT2D eigenvalue weighted by molar-refractivity contribution is 6.68. The van der Waals surface area contributed by atoms with Gasteiger partial charge in [0.1, 0.15) is 0 Å². The second kappa shape index (κ2) is 5.09. The largest absolute Gasteiger partial charge is 0.280 e. The lowest BCUT2D eigenvalue weighted by molar-refractivity contribution is -0.115. The third-order valence-electron chi connectivity index (χ3n) is 3.01. The maximum atomic E-state index is 11.8. The predicted octanol–water partition coefficient (Wildman–Crippen LogP) is 3.34. The van der Waals surface area contributed by atoms with Gasteiger partial charge in [-0.25, -0.2) is 0 Å². The topological polar surface area (TPSA) is 34.1 Å². The zero-order valence-corrected chi connectivity index (χ0v) is 10.9. The fraction of sp³-hybridized carbons (Fsp3) is 0.143. The van der Waals surface area contributed by atoms with Crippen LogP contribution in [0.1, 0.15) is 12.0 Å². The summed E-state index contributed by atoms with van der Waals surface area (Å²) in [7, 11) is 0. The van der Waals surface area contributed by atoms with Gasteiger partial charge in [-0.3, -0.25) is 9.59 Å². The smallest absolute Gasteiger partial charge is 0.252 e. The number of carbonyl (C=O) groups is 2. The van der Waals surface area contributed by atoms with E-state index in [1.165, 1.54) is 0 Å². The third-order valence-corrected chi connectivity index (χ3v) is 3.56. The quantitative estimate of drug-likeness (QED) is 0.796. The molecule has 18 heavy (non-hydrogen) atoms. The second-order valence-corrected chi connectivity index (χ2v) is 4.78. The average molecular weight is 281 g/mol. The van der Waals surface area contributed by atoms with Crippen molar-refractivity contribution in [2.24, 2.45) is 0 Å². The van der Waals surface area contributed by atoms with Crippen LogP contribution in [0, 0.1) is 0 Å². The van der Waals surface area contributed by atoms with E-state index in [0.717, 1.165) is 5.56 Å². The highest BCUT2D eigenvalue weighted by Crippen LogP contribution is 2.37. The number of allylic oxidation sites excluding steroid dienone is 4. The SMILES string of the molecule is O=C(Cl)C1=CC(C(=O)Cl)(c2ccccc2)CC=C1. The zero-order chi connectivity index (χ0) is 13.2. The van der Waals surface area contributed by atoms with Gasteiger partial charge in [0.05, 0.1) is 5.41 Å². The minimum Gasteiger partial charge on any atom is -0.280 e. The van der Waals surface area contributed by atoms with Crippen molar-refractivity contribution in [1.29, 1.82) is 0 Å². The minimum atomic E-state index is -1.00. The molecule has 0 aromatic heterocycles. The monoisotopic (exact) mass is 280 g/mol. The Labute approximate surface area is 115 Å². The van der Waals surface area contributed by atoms with Crippen LogP contribution in [0.25, 0.3) is 0 Å². The molecule has 0 bridgehead atoms. The summed E-state index contributed by atoms with van der Waals surface area (Å²) in [6, 6.07) is 9.13. The highest BCUT2D eigenvalue weighted by atomic mass is 35.5. The molecule has 0 aliphatic heterocycles. The summed E-state index contributed by atoms with van der Waals surface area (Å²) in [5, 5.41) is -1.11. The lowest BCUT2D eigenvalue weighted by Crippen LogP contribution is -2.32. The fourth-order valence-electron chi connectivity index (χ4n) is 2.05. The Kier molecular flexibility index (Phi) is 3.69. The molecule has 0 fully saturated rings. The summed E-state index contributed by atoms with van der Waals surface area (Å²) in [4.78, 5) is 23.1. The number of halogens is 2. The van der Waals surface area contributed by atoms with Gasteiger partial charge in [0.15, 0.2) is 0 Å². The van der Waals surface area contributed by atoms with Crippen LogP contribution < -0.4 is 0 Å². The van der Waals surface area contributed by atoms with Gasteiger partial charge in [-0.15, -0.1) is 0 Å². The number of hydrogen-bond acceptors (Lipinski definition) is 2. The van der Waals surface area contributed by atoms with Crippen molar-refractivity contribution < 1.29 is 9.59 Å². The van der Waals surface area contributed by atoms with Crippen LogP contribution in [0.5, 0.6) is 0 Å². The van der Waals surface area contributed by atoms with Gasteiger partial charge in [0, 0.05) is 5.57 Å². The molecule has 0 saturated carbocycles. The van der Waals surface area contributed by atoms with Crippen LogP contribution in [-0.2, 0) is 15.0 Å². The Morgan fingerprint density at radius 3 is 2.33 bits per heavy atom. The van der Waals surface area contributed by atoms with E-state index >= 15 is 0 Å². The number of benzene rings is 1. The van der Waals surface area contributed by atoms with Crippen molar-refractivity contribution in [3.05, 3.63) is 59.7 Å². The average Bonchev–Trinajstić information content (AvgIpc) is 2.39. The van der Waals surface area contributed by atoms with Crippen molar-refractivity contribution in [3.8, 4) is 0 Å². The first kappa shape index (κ1) is 13.1. The molecule has 1 aromatic carbocycles. The van der Waals surface area contributed by atoms with Crippen LogP contribution in [0.2, 0.25) is 0 Å². The molecule has 0 N–H and O–H groups in total. The Morgan fingerprint density at radius 2 is 1.78 bits per heavy atom. The summed E-state index contributed by atoms with van der Waals surface area (Å²) in [5.74, 6) is 0. The second-order valence-electron chi connectivity index (χ2n) is 4.09. The van der Waals surface area contributed by atoms with Crippen LogP contribution in [0.4, 0.5) is 0 Å². The van der Waals surface area contributed by atoms with E-state index in [9.17, 15) is 9.59 Å². The predicted molar refractivity (Wildman–Crippen MR) is 71.7 cm³/mol. The summed E-state index contributed by atoms with van der Waals surface area (Å²) in [6.07, 6.45) is 5.32. The molecule has 1 atom stereocenters. The van der Waals surface area contributed by atoms with E-state index in [0.29, 0.717) is 12.0 Å². The molecule has 0 saturated heterocycles. The molecule has 0 radical (unpaired) electrons. The van der Waals surface area contributed by atoms with E-state index in [-0.39, 0.29) is 0 Å². The molecular formula is C14H10Cl2O2. The van der Waals surface area contributed by atoms with Crippen molar-refractivity contribution in [3.63, 3.8) is 0 Å². The third kappa shape index (κ3) is 2.26. The van der Waals surface area contributed by atoms with Gasteiger partial charge in [0.25, 0.3) is 5.24 Å². The molecule has 0 amide bonds. The molecule has 4 heteroatoms. The summed E-state index contributed by atoms with van der Waals surface area (Å²) < 4.78 is 0. The maximum absolute atomic E-state index is 11.8. The van der Waals surface area contributed by atoms with E-state index in [2.05, 4.69) is 0 Å². The lowest BCUT2D eigenvalue weighted by Gasteiger charge is -2.28. The Hall–Kier alpha value is -1.38. The van der Waals surface area contributed by atoms with Gasteiger partial charge in [0.2, 0.25) is 5.24 Å². The fourth-order valence-corrected chi connectivity index (χ4v) is 2.41. The number of rotatable bonds is 3. The molecular weight excluding hydrogens is 271 g/mol. The number of hydrogen-bond donors (Lipinski definition) is 0. The molecule has 92 valence electrons. The Balaban J connectivity index is 2.57. The molecule has 1 aromatic rings. The van der Waals surface area contributed by atoms with Crippen LogP contribution >= 0.6 is 23.2 Å². The molecule has 2 nitrogen and oxygen atoms in total. The normalized spacial score (nSPS) is 22.4.